The molecule has 0 aromatic heterocycles. The highest BCUT2D eigenvalue weighted by molar-refractivity contribution is 8.15. The van der Waals surface area contributed by atoms with Gasteiger partial charge in [-0.2, -0.15) is 0 Å². The summed E-state index contributed by atoms with van der Waals surface area (Å²) in [5.74, 6) is -0.163. The first-order valence-corrected chi connectivity index (χ1v) is 3.79. The Kier molecular flexibility index (Phi) is 2.29. The topological polar surface area (TPSA) is 73.2 Å². The van der Waals surface area contributed by atoms with Crippen LogP contribution in [0.1, 0.15) is 6.42 Å². The van der Waals surface area contributed by atoms with Crippen molar-refractivity contribution in [3.05, 3.63) is 0 Å². The predicted molar refractivity (Wildman–Crippen MR) is 39.0 cm³/mol. The van der Waals surface area contributed by atoms with Crippen molar-refractivity contribution in [3.63, 3.8) is 0 Å². The van der Waals surface area contributed by atoms with Crippen molar-refractivity contribution < 1.29 is 9.90 Å². The van der Waals surface area contributed by atoms with E-state index in [1.807, 2.05) is 0 Å². The molecule has 0 aromatic carbocycles. The van der Waals surface area contributed by atoms with Gasteiger partial charge in [0.2, 0.25) is 5.91 Å². The molecule has 0 spiro atoms. The molecule has 3 N–H and O–H groups in total. The lowest BCUT2D eigenvalue weighted by Crippen LogP contribution is -2.24. The molecule has 1 amide bonds. The lowest BCUT2D eigenvalue weighted by atomic mass is 10.3. The Hall–Kier alpha value is -0.550. The average Bonchev–Trinajstić information content (AvgIpc) is 2.13. The molecule has 1 fully saturated rings. The second kappa shape index (κ2) is 3.03. The van der Waals surface area contributed by atoms with Crippen molar-refractivity contribution >= 4 is 22.8 Å². The maximum Gasteiger partial charge on any atom is 0.239 e. The Morgan fingerprint density at radius 2 is 2.50 bits per heavy atom. The monoisotopic (exact) mass is 160 g/mol. The van der Waals surface area contributed by atoms with Crippen LogP contribution in [-0.2, 0) is 4.79 Å². The van der Waals surface area contributed by atoms with Crippen LogP contribution in [0.5, 0.6) is 0 Å². The first-order chi connectivity index (χ1) is 4.74. The summed E-state index contributed by atoms with van der Waals surface area (Å²) in [5.41, 5.74) is 0. The van der Waals surface area contributed by atoms with Crippen LogP contribution in [0.25, 0.3) is 0 Å². The van der Waals surface area contributed by atoms with Crippen LogP contribution in [0, 0.1) is 5.41 Å². The summed E-state index contributed by atoms with van der Waals surface area (Å²) >= 11 is 1.16. The number of amidine groups is 1. The number of amides is 1. The number of aliphatic hydroxyl groups is 1. The van der Waals surface area contributed by atoms with Crippen molar-refractivity contribution in [1.29, 1.82) is 5.41 Å². The summed E-state index contributed by atoms with van der Waals surface area (Å²) in [6, 6.07) is 0. The Balaban J connectivity index is 2.46. The zero-order valence-electron chi connectivity index (χ0n) is 5.26. The fourth-order valence-electron chi connectivity index (χ4n) is 0.725. The van der Waals surface area contributed by atoms with E-state index in [4.69, 9.17) is 10.5 Å². The normalized spacial score (nSPS) is 25.1. The number of hydrogen-bond acceptors (Lipinski definition) is 4. The predicted octanol–water partition coefficient (Wildman–Crippen LogP) is -0.465. The standard InChI is InChI=1S/C5H8N2O2S/c6-5-7-4(9)3(10-5)1-2-8/h3,8H,1-2H2,(H2,6,7,9). The third-order valence-electron chi connectivity index (χ3n) is 1.18. The number of carbonyl (C=O) groups is 1. The van der Waals surface area contributed by atoms with Crippen LogP contribution in [0.15, 0.2) is 0 Å². The SMILES string of the molecule is N=C1NC(=O)C(CCO)S1. The lowest BCUT2D eigenvalue weighted by Gasteiger charge is -1.98. The molecule has 56 valence electrons. The summed E-state index contributed by atoms with van der Waals surface area (Å²) in [6.45, 7) is -0.00162. The molecule has 1 heterocycles. The van der Waals surface area contributed by atoms with Crippen molar-refractivity contribution in [3.8, 4) is 0 Å². The molecule has 10 heavy (non-hydrogen) atoms. The minimum Gasteiger partial charge on any atom is -0.396 e. The molecule has 1 aliphatic heterocycles. The zero-order valence-corrected chi connectivity index (χ0v) is 6.07. The van der Waals surface area contributed by atoms with Gasteiger partial charge in [-0.15, -0.1) is 0 Å². The largest absolute Gasteiger partial charge is 0.396 e. The quantitative estimate of drug-likeness (QED) is 0.511. The van der Waals surface area contributed by atoms with Gasteiger partial charge in [-0.25, -0.2) is 0 Å². The molecular formula is C5H8N2O2S. The molecule has 0 aromatic rings. The Morgan fingerprint density at radius 1 is 1.80 bits per heavy atom. The average molecular weight is 160 g/mol. The molecule has 1 aliphatic rings. The molecule has 1 unspecified atom stereocenters. The molecule has 5 heteroatoms. The van der Waals surface area contributed by atoms with Crippen molar-refractivity contribution in [2.24, 2.45) is 0 Å². The Labute approximate surface area is 62.5 Å². The van der Waals surface area contributed by atoms with E-state index in [0.29, 0.717) is 6.42 Å². The van der Waals surface area contributed by atoms with Gasteiger partial charge < -0.3 is 10.4 Å². The second-order valence-corrected chi connectivity index (χ2v) is 3.15. The lowest BCUT2D eigenvalue weighted by molar-refractivity contribution is -0.119. The van der Waals surface area contributed by atoms with Gasteiger partial charge in [-0.3, -0.25) is 10.2 Å². The molecular weight excluding hydrogens is 152 g/mol. The van der Waals surface area contributed by atoms with Gasteiger partial charge in [0.25, 0.3) is 0 Å². The van der Waals surface area contributed by atoms with E-state index in [1.165, 1.54) is 0 Å². The van der Waals surface area contributed by atoms with Gasteiger partial charge in [0, 0.05) is 6.61 Å². The first kappa shape index (κ1) is 7.56. The third kappa shape index (κ3) is 1.48. The van der Waals surface area contributed by atoms with Crippen LogP contribution in [0.4, 0.5) is 0 Å². The minimum absolute atomic E-state index is 0.00162. The van der Waals surface area contributed by atoms with E-state index >= 15 is 0 Å². The molecule has 0 saturated carbocycles. The van der Waals surface area contributed by atoms with Crippen LogP contribution in [-0.4, -0.2) is 28.0 Å². The summed E-state index contributed by atoms with van der Waals surface area (Å²) in [6.07, 6.45) is 0.429. The minimum atomic E-state index is -0.252. The summed E-state index contributed by atoms with van der Waals surface area (Å²) in [4.78, 5) is 10.8. The molecule has 1 rings (SSSR count). The number of hydrogen-bond donors (Lipinski definition) is 3. The first-order valence-electron chi connectivity index (χ1n) is 2.91. The number of aliphatic hydroxyl groups excluding tert-OH is 1. The van der Waals surface area contributed by atoms with Crippen LogP contribution >= 0.6 is 11.8 Å². The summed E-state index contributed by atoms with van der Waals surface area (Å²) in [5, 5.41) is 17.8. The highest BCUT2D eigenvalue weighted by atomic mass is 32.2. The van der Waals surface area contributed by atoms with Crippen LogP contribution < -0.4 is 5.32 Å². The van der Waals surface area contributed by atoms with Crippen molar-refractivity contribution in [1.82, 2.24) is 5.32 Å². The molecule has 1 atom stereocenters. The van der Waals surface area contributed by atoms with E-state index < -0.39 is 0 Å². The Morgan fingerprint density at radius 3 is 2.90 bits per heavy atom. The third-order valence-corrected chi connectivity index (χ3v) is 2.25. The highest BCUT2D eigenvalue weighted by Gasteiger charge is 2.28. The van der Waals surface area contributed by atoms with Crippen LogP contribution in [0.2, 0.25) is 0 Å². The van der Waals surface area contributed by atoms with Gasteiger partial charge in [0.1, 0.15) is 0 Å². The molecule has 0 bridgehead atoms. The van der Waals surface area contributed by atoms with Gasteiger partial charge in [0.05, 0.1) is 5.25 Å². The van der Waals surface area contributed by atoms with E-state index in [1.54, 1.807) is 0 Å². The molecule has 4 nitrogen and oxygen atoms in total. The van der Waals surface area contributed by atoms with Gasteiger partial charge in [-0.05, 0) is 6.42 Å². The number of nitrogens with one attached hydrogen (secondary N) is 2. The van der Waals surface area contributed by atoms with E-state index in [9.17, 15) is 4.79 Å². The zero-order chi connectivity index (χ0) is 7.56. The summed E-state index contributed by atoms with van der Waals surface area (Å²) in [7, 11) is 0. The van der Waals surface area contributed by atoms with Gasteiger partial charge >= 0.3 is 0 Å². The molecule has 0 aliphatic carbocycles. The Bertz CT molecular complexity index is 171. The van der Waals surface area contributed by atoms with Crippen molar-refractivity contribution in [2.75, 3.05) is 6.61 Å². The van der Waals surface area contributed by atoms with Crippen molar-refractivity contribution in [2.45, 2.75) is 11.7 Å². The maximum atomic E-state index is 10.8. The fourth-order valence-corrected chi connectivity index (χ4v) is 1.56. The maximum absolute atomic E-state index is 10.8. The fraction of sp³-hybridized carbons (Fsp3) is 0.600. The number of rotatable bonds is 2. The van der Waals surface area contributed by atoms with E-state index in [0.717, 1.165) is 11.8 Å². The molecule has 0 radical (unpaired) electrons. The smallest absolute Gasteiger partial charge is 0.239 e. The van der Waals surface area contributed by atoms with E-state index in [-0.39, 0.29) is 22.9 Å². The van der Waals surface area contributed by atoms with Gasteiger partial charge in [0.15, 0.2) is 5.17 Å². The number of carbonyl (C=O) groups excluding carboxylic acids is 1. The molecule has 1 saturated heterocycles. The van der Waals surface area contributed by atoms with E-state index in [2.05, 4.69) is 5.32 Å². The van der Waals surface area contributed by atoms with Gasteiger partial charge in [-0.1, -0.05) is 11.8 Å². The second-order valence-electron chi connectivity index (χ2n) is 1.94. The number of thioether (sulfide) groups is 1. The van der Waals surface area contributed by atoms with Crippen LogP contribution in [0.3, 0.4) is 0 Å². The summed E-state index contributed by atoms with van der Waals surface area (Å²) < 4.78 is 0. The highest BCUT2D eigenvalue weighted by Crippen LogP contribution is 2.20.